The number of hydrogen-bond acceptors (Lipinski definition) is 7. The summed E-state index contributed by atoms with van der Waals surface area (Å²) in [6.45, 7) is 0.436. The number of amides is 1. The fourth-order valence-corrected chi connectivity index (χ4v) is 3.70. The molecule has 1 aromatic carbocycles. The summed E-state index contributed by atoms with van der Waals surface area (Å²) < 4.78 is 38.1. The molecule has 10 nitrogen and oxygen atoms in total. The van der Waals surface area contributed by atoms with Gasteiger partial charge in [0.15, 0.2) is 11.4 Å². The normalized spacial score (nSPS) is 14.7. The molecule has 0 saturated carbocycles. The maximum absolute atomic E-state index is 13.2. The highest BCUT2D eigenvalue weighted by molar-refractivity contribution is 6.10. The minimum atomic E-state index is -3.13. The highest BCUT2D eigenvalue weighted by atomic mass is 19.3. The van der Waals surface area contributed by atoms with Gasteiger partial charge in [0, 0.05) is 24.0 Å². The Kier molecular flexibility index (Phi) is 5.00. The number of aromatic amines is 1. The molecule has 0 saturated heterocycles. The van der Waals surface area contributed by atoms with Crippen LogP contribution >= 0.6 is 0 Å². The molecule has 3 aromatic heterocycles. The fourth-order valence-electron chi connectivity index (χ4n) is 3.70. The molecule has 0 radical (unpaired) electrons. The van der Waals surface area contributed by atoms with E-state index in [1.165, 1.54) is 35.2 Å². The molecular weight excluding hydrogens is 450 g/mol. The van der Waals surface area contributed by atoms with Crippen molar-refractivity contribution in [2.24, 2.45) is 5.41 Å². The lowest BCUT2D eigenvalue weighted by atomic mass is 9.82. The molecule has 34 heavy (non-hydrogen) atoms. The van der Waals surface area contributed by atoms with Gasteiger partial charge in [-0.1, -0.05) is 0 Å². The Morgan fingerprint density at radius 1 is 1.29 bits per heavy atom. The molecule has 1 amide bonds. The van der Waals surface area contributed by atoms with E-state index in [9.17, 15) is 18.4 Å². The summed E-state index contributed by atoms with van der Waals surface area (Å²) in [6, 6.07) is 4.31. The van der Waals surface area contributed by atoms with Crippen LogP contribution in [0.2, 0.25) is 0 Å². The molecule has 2 N–H and O–H groups in total. The first-order chi connectivity index (χ1) is 16.2. The Labute approximate surface area is 190 Å². The van der Waals surface area contributed by atoms with Crippen molar-refractivity contribution < 1.29 is 27.8 Å². The van der Waals surface area contributed by atoms with E-state index in [1.807, 2.05) is 0 Å². The maximum atomic E-state index is 13.2. The quantitative estimate of drug-likeness (QED) is 0.459. The number of fused-ring (bicyclic) bond motifs is 2. The molecule has 0 bridgehead atoms. The highest BCUT2D eigenvalue weighted by Gasteiger charge is 2.37. The second kappa shape index (κ2) is 7.90. The van der Waals surface area contributed by atoms with E-state index in [2.05, 4.69) is 25.6 Å². The van der Waals surface area contributed by atoms with Gasteiger partial charge < -0.3 is 14.8 Å². The van der Waals surface area contributed by atoms with Crippen LogP contribution in [0.5, 0.6) is 11.5 Å². The molecule has 1 aliphatic heterocycles. The smallest absolute Gasteiger partial charge is 0.387 e. The molecule has 174 valence electrons. The van der Waals surface area contributed by atoms with Crippen LogP contribution in [0.3, 0.4) is 0 Å². The van der Waals surface area contributed by atoms with Crippen LogP contribution < -0.4 is 14.8 Å². The van der Waals surface area contributed by atoms with Crippen molar-refractivity contribution in [1.29, 1.82) is 0 Å². The number of aromatic nitrogens is 5. The van der Waals surface area contributed by atoms with Gasteiger partial charge >= 0.3 is 6.61 Å². The van der Waals surface area contributed by atoms with Gasteiger partial charge in [0.2, 0.25) is 0 Å². The summed E-state index contributed by atoms with van der Waals surface area (Å²) in [5, 5.41) is 13.4. The topological polar surface area (TPSA) is 124 Å². The Bertz CT molecular complexity index is 1430. The van der Waals surface area contributed by atoms with E-state index in [0.717, 1.165) is 0 Å². The molecule has 1 aliphatic rings. The van der Waals surface area contributed by atoms with Gasteiger partial charge in [0.1, 0.15) is 23.7 Å². The summed E-state index contributed by atoms with van der Waals surface area (Å²) in [7, 11) is 0. The van der Waals surface area contributed by atoms with Crippen molar-refractivity contribution in [3.8, 4) is 22.8 Å². The van der Waals surface area contributed by atoms with Crippen LogP contribution in [0.4, 0.5) is 14.5 Å². The van der Waals surface area contributed by atoms with E-state index in [4.69, 9.17) is 9.47 Å². The van der Waals surface area contributed by atoms with Gasteiger partial charge in [-0.15, -0.1) is 0 Å². The van der Waals surface area contributed by atoms with Crippen LogP contribution in [0.15, 0.2) is 43.0 Å². The molecule has 0 aliphatic carbocycles. The van der Waals surface area contributed by atoms with Gasteiger partial charge in [0.25, 0.3) is 5.91 Å². The highest BCUT2D eigenvalue weighted by Crippen LogP contribution is 2.43. The third-order valence-electron chi connectivity index (χ3n) is 5.43. The Morgan fingerprint density at radius 2 is 2.12 bits per heavy atom. The second-order valence-electron chi connectivity index (χ2n) is 8.28. The predicted molar refractivity (Wildman–Crippen MR) is 115 cm³/mol. The van der Waals surface area contributed by atoms with Crippen molar-refractivity contribution >= 4 is 23.0 Å². The summed E-state index contributed by atoms with van der Waals surface area (Å²) in [5.41, 5.74) is 0.427. The zero-order valence-corrected chi connectivity index (χ0v) is 18.0. The number of alkyl halides is 2. The molecule has 0 fully saturated rings. The zero-order valence-electron chi connectivity index (χ0n) is 18.0. The van der Waals surface area contributed by atoms with Gasteiger partial charge in [-0.05, 0) is 26.0 Å². The first-order valence-corrected chi connectivity index (χ1v) is 10.2. The van der Waals surface area contributed by atoms with Gasteiger partial charge in [-0.3, -0.25) is 14.7 Å². The maximum Gasteiger partial charge on any atom is 0.387 e. The predicted octanol–water partition coefficient (Wildman–Crippen LogP) is 3.57. The SMILES string of the molecule is CC1(C)COc2cc(OC(F)F)c(-c3[nH]ncc3NC(=O)c3cnn4cccnc34)cc2C1=O. The molecule has 5 rings (SSSR count). The number of carbonyl (C=O) groups excluding carboxylic acids is 2. The van der Waals surface area contributed by atoms with Crippen LogP contribution in [0, 0.1) is 5.41 Å². The first kappa shape index (κ1) is 21.5. The number of benzene rings is 1. The van der Waals surface area contributed by atoms with Crippen molar-refractivity contribution in [1.82, 2.24) is 24.8 Å². The summed E-state index contributed by atoms with van der Waals surface area (Å²) in [4.78, 5) is 30.0. The van der Waals surface area contributed by atoms with Crippen molar-refractivity contribution in [3.05, 3.63) is 54.1 Å². The number of carbonyl (C=O) groups is 2. The minimum absolute atomic E-state index is 0.103. The molecule has 0 atom stereocenters. The lowest BCUT2D eigenvalue weighted by Gasteiger charge is -2.30. The van der Waals surface area contributed by atoms with E-state index < -0.39 is 17.9 Å². The van der Waals surface area contributed by atoms with Gasteiger partial charge in [-0.25, -0.2) is 9.50 Å². The van der Waals surface area contributed by atoms with Gasteiger partial charge in [-0.2, -0.15) is 19.0 Å². The average Bonchev–Trinajstić information content (AvgIpc) is 3.43. The number of anilines is 1. The molecule has 4 heterocycles. The lowest BCUT2D eigenvalue weighted by molar-refractivity contribution is -0.0496. The van der Waals surface area contributed by atoms with Crippen molar-refractivity contribution in [2.45, 2.75) is 20.5 Å². The Morgan fingerprint density at radius 3 is 2.91 bits per heavy atom. The van der Waals surface area contributed by atoms with E-state index in [1.54, 1.807) is 26.1 Å². The van der Waals surface area contributed by atoms with Gasteiger partial charge in [0.05, 0.1) is 34.8 Å². The second-order valence-corrected chi connectivity index (χ2v) is 8.28. The Balaban J connectivity index is 1.56. The number of H-pyrrole nitrogens is 1. The monoisotopic (exact) mass is 468 g/mol. The largest absolute Gasteiger partial charge is 0.492 e. The summed E-state index contributed by atoms with van der Waals surface area (Å²) >= 11 is 0. The number of ether oxygens (including phenoxy) is 2. The molecule has 0 spiro atoms. The number of nitrogens with zero attached hydrogens (tertiary/aromatic N) is 4. The third kappa shape index (κ3) is 3.62. The molecule has 12 heteroatoms. The van der Waals surface area contributed by atoms with Crippen LogP contribution in [0.1, 0.15) is 34.6 Å². The number of hydrogen-bond donors (Lipinski definition) is 2. The minimum Gasteiger partial charge on any atom is -0.492 e. The van der Waals surface area contributed by atoms with Crippen LogP contribution in [-0.4, -0.2) is 49.7 Å². The number of ketones is 1. The third-order valence-corrected chi connectivity index (χ3v) is 5.43. The van der Waals surface area contributed by atoms with Crippen LogP contribution in [-0.2, 0) is 0 Å². The van der Waals surface area contributed by atoms with Crippen molar-refractivity contribution in [3.63, 3.8) is 0 Å². The lowest BCUT2D eigenvalue weighted by Crippen LogP contribution is -2.35. The number of halogens is 2. The fraction of sp³-hybridized carbons (Fsp3) is 0.227. The average molecular weight is 468 g/mol. The first-order valence-electron chi connectivity index (χ1n) is 10.2. The molecule has 0 unspecified atom stereocenters. The zero-order chi connectivity index (χ0) is 24.0. The van der Waals surface area contributed by atoms with Crippen molar-refractivity contribution in [2.75, 3.05) is 11.9 Å². The number of nitrogens with one attached hydrogen (secondary N) is 2. The van der Waals surface area contributed by atoms with E-state index in [-0.39, 0.29) is 52.0 Å². The number of rotatable bonds is 5. The standard InChI is InChI=1S/C22H18F2N6O4/c1-22(2)10-33-15-7-16(34-21(23)24)11(6-12(15)18(22)31)17-14(9-26-29-17)28-20(32)13-8-27-30-5-3-4-25-19(13)30/h3-9,21H,10H2,1-2H3,(H,26,29)(H,28,32). The van der Waals surface area contributed by atoms with E-state index >= 15 is 0 Å². The summed E-state index contributed by atoms with van der Waals surface area (Å²) in [6.07, 6.45) is 5.85. The Hall–Kier alpha value is -4.35. The van der Waals surface area contributed by atoms with E-state index in [0.29, 0.717) is 5.65 Å². The molecular formula is C22H18F2N6O4. The van der Waals surface area contributed by atoms with Crippen LogP contribution in [0.25, 0.3) is 16.9 Å². The number of Topliss-reactive ketones (excluding diaryl/α,β-unsaturated/α-hetero) is 1. The summed E-state index contributed by atoms with van der Waals surface area (Å²) in [5.74, 6) is -0.836. The molecule has 4 aromatic rings.